The number of carbonyl (C=O) groups excluding carboxylic acids is 2. The summed E-state index contributed by atoms with van der Waals surface area (Å²) in [4.78, 5) is 26.3. The number of hydrogen-bond donors (Lipinski definition) is 3. The third-order valence-corrected chi connectivity index (χ3v) is 13.4. The summed E-state index contributed by atoms with van der Waals surface area (Å²) < 4.78 is 5.95. The third kappa shape index (κ3) is 50.0. The second-order valence-corrected chi connectivity index (χ2v) is 20.1. The van der Waals surface area contributed by atoms with E-state index in [-0.39, 0.29) is 24.9 Å². The van der Waals surface area contributed by atoms with E-state index in [1.54, 1.807) is 0 Å². The summed E-state index contributed by atoms with van der Waals surface area (Å²) in [6.07, 6.45) is 70.0. The molecule has 0 aromatic rings. The summed E-state index contributed by atoms with van der Waals surface area (Å²) in [6, 6.07) is -0.718. The number of hydrogen-bond acceptors (Lipinski definition) is 5. The predicted molar refractivity (Wildman–Crippen MR) is 296 cm³/mol. The molecule has 3 unspecified atom stereocenters. The topological polar surface area (TPSA) is 95.9 Å². The van der Waals surface area contributed by atoms with Gasteiger partial charge in [-0.25, -0.2) is 0 Å². The highest BCUT2D eigenvalue weighted by molar-refractivity contribution is 5.77. The summed E-state index contributed by atoms with van der Waals surface area (Å²) >= 11 is 0. The first kappa shape index (κ1) is 65.6. The number of unbranched alkanes of at least 4 members (excludes halogenated alkanes) is 34. The van der Waals surface area contributed by atoms with Crippen LogP contribution in [0.4, 0.5) is 0 Å². The molecule has 0 heterocycles. The van der Waals surface area contributed by atoms with Crippen molar-refractivity contribution < 1.29 is 24.5 Å². The highest BCUT2D eigenvalue weighted by Gasteiger charge is 2.24. The third-order valence-electron chi connectivity index (χ3n) is 13.4. The monoisotopic (exact) mass is 952 g/mol. The van der Waals surface area contributed by atoms with Crippen molar-refractivity contribution in [3.8, 4) is 0 Å². The van der Waals surface area contributed by atoms with Crippen molar-refractivity contribution in [3.05, 3.63) is 60.8 Å². The maximum absolute atomic E-state index is 13.3. The summed E-state index contributed by atoms with van der Waals surface area (Å²) in [7, 11) is 0. The summed E-state index contributed by atoms with van der Waals surface area (Å²) in [5, 5.41) is 23.9. The van der Waals surface area contributed by atoms with E-state index in [0.29, 0.717) is 19.3 Å². The van der Waals surface area contributed by atoms with E-state index < -0.39 is 18.2 Å². The number of aliphatic hydroxyl groups is 2. The molecule has 0 aliphatic rings. The summed E-state index contributed by atoms with van der Waals surface area (Å²) in [5.74, 6) is -0.514. The second kappa shape index (κ2) is 55.5. The zero-order chi connectivity index (χ0) is 49.5. The van der Waals surface area contributed by atoms with E-state index in [1.165, 1.54) is 173 Å². The largest absolute Gasteiger partial charge is 0.462 e. The summed E-state index contributed by atoms with van der Waals surface area (Å²) in [6.45, 7) is 6.46. The normalized spacial score (nSPS) is 13.5. The first-order chi connectivity index (χ1) is 33.5. The second-order valence-electron chi connectivity index (χ2n) is 20.1. The van der Waals surface area contributed by atoms with Crippen LogP contribution in [0.2, 0.25) is 0 Å². The van der Waals surface area contributed by atoms with Gasteiger partial charge in [-0.15, -0.1) is 0 Å². The number of carbonyl (C=O) groups is 2. The molecule has 0 saturated heterocycles. The van der Waals surface area contributed by atoms with Crippen molar-refractivity contribution in [2.75, 3.05) is 6.61 Å². The van der Waals surface area contributed by atoms with E-state index in [2.05, 4.69) is 86.8 Å². The van der Waals surface area contributed by atoms with Crippen molar-refractivity contribution in [2.45, 2.75) is 315 Å². The molecule has 68 heavy (non-hydrogen) atoms. The zero-order valence-electron chi connectivity index (χ0n) is 45.2. The molecule has 0 saturated carbocycles. The van der Waals surface area contributed by atoms with Crippen molar-refractivity contribution in [3.63, 3.8) is 0 Å². The Morgan fingerprint density at radius 2 is 0.765 bits per heavy atom. The Bertz CT molecular complexity index is 1210. The maximum Gasteiger partial charge on any atom is 0.306 e. The molecule has 396 valence electrons. The molecule has 0 aliphatic heterocycles. The van der Waals surface area contributed by atoms with Crippen LogP contribution in [0.3, 0.4) is 0 Å². The van der Waals surface area contributed by atoms with Gasteiger partial charge in [-0.2, -0.15) is 0 Å². The van der Waals surface area contributed by atoms with Crippen LogP contribution in [-0.2, 0) is 14.3 Å². The average Bonchev–Trinajstić information content (AvgIpc) is 3.33. The molecule has 0 fully saturated rings. The van der Waals surface area contributed by atoms with Gasteiger partial charge in [-0.05, 0) is 77.0 Å². The van der Waals surface area contributed by atoms with Crippen LogP contribution >= 0.6 is 0 Å². The first-order valence-corrected chi connectivity index (χ1v) is 29.6. The molecule has 0 rings (SSSR count). The van der Waals surface area contributed by atoms with Crippen LogP contribution in [0.1, 0.15) is 297 Å². The number of allylic oxidation sites excluding steroid dienone is 10. The fourth-order valence-corrected chi connectivity index (χ4v) is 8.91. The molecule has 0 aromatic carbocycles. The fourth-order valence-electron chi connectivity index (χ4n) is 8.91. The van der Waals surface area contributed by atoms with Crippen LogP contribution in [0.5, 0.6) is 0 Å². The predicted octanol–water partition coefficient (Wildman–Crippen LogP) is 18.4. The highest BCUT2D eigenvalue weighted by atomic mass is 16.5. The fraction of sp³-hybridized carbons (Fsp3) is 0.806. The number of nitrogens with one attached hydrogen (secondary N) is 1. The number of ether oxygens (including phenoxy) is 1. The van der Waals surface area contributed by atoms with E-state index in [0.717, 1.165) is 77.0 Å². The molecule has 6 nitrogen and oxygen atoms in total. The molecule has 0 aliphatic carbocycles. The zero-order valence-corrected chi connectivity index (χ0v) is 45.2. The smallest absolute Gasteiger partial charge is 0.306 e. The van der Waals surface area contributed by atoms with E-state index >= 15 is 0 Å². The molecule has 0 bridgehead atoms. The van der Waals surface area contributed by atoms with Crippen molar-refractivity contribution >= 4 is 11.9 Å². The maximum atomic E-state index is 13.3. The standard InChI is InChI=1S/C62H113NO5/c1-4-7-10-13-16-19-22-25-28-30-31-34-37-40-43-46-49-52-55-62(67)68-58(53-50-47-44-41-38-35-33-29-26-23-20-17-14-11-8-5-2)56-61(66)63-59(57-64)60(65)54-51-48-45-42-39-36-32-27-24-21-18-15-12-9-6-3/h17,20,23,26,29,31,33-35,38,58-60,64-65H,4-16,18-19,21-22,24-25,27-28,30,32,36-37,39-57H2,1-3H3,(H,63,66)/b20-17+,26-23+,33-29+,34-31+,38-35+. The lowest BCUT2D eigenvalue weighted by Crippen LogP contribution is -2.46. The Kier molecular flexibility index (Phi) is 53.5. The molecule has 0 spiro atoms. The van der Waals surface area contributed by atoms with Gasteiger partial charge in [0.25, 0.3) is 0 Å². The number of rotatable bonds is 53. The summed E-state index contributed by atoms with van der Waals surface area (Å²) in [5.41, 5.74) is 0. The van der Waals surface area contributed by atoms with Gasteiger partial charge < -0.3 is 20.3 Å². The lowest BCUT2D eigenvalue weighted by molar-refractivity contribution is -0.151. The van der Waals surface area contributed by atoms with Crippen LogP contribution in [0.15, 0.2) is 60.8 Å². The van der Waals surface area contributed by atoms with Gasteiger partial charge in [-0.1, -0.05) is 268 Å². The average molecular weight is 953 g/mol. The van der Waals surface area contributed by atoms with Gasteiger partial charge in [0.15, 0.2) is 0 Å². The molecule has 0 aromatic heterocycles. The van der Waals surface area contributed by atoms with Gasteiger partial charge in [0.05, 0.1) is 25.2 Å². The number of amides is 1. The minimum atomic E-state index is -0.802. The lowest BCUT2D eigenvalue weighted by Gasteiger charge is -2.24. The SMILES string of the molecule is CCCCC/C=C/C=C/C=C/C=C/CCCCCC(CC(=O)NC(CO)C(O)CCCCCCCCCCCCCCCCC)OC(=O)CCCCCCC/C=C/CCCCCCCCCCC. The van der Waals surface area contributed by atoms with Crippen molar-refractivity contribution in [1.82, 2.24) is 5.32 Å². The Labute approximate surface area is 422 Å². The van der Waals surface area contributed by atoms with Gasteiger partial charge >= 0.3 is 5.97 Å². The Hall–Kier alpha value is -2.44. The van der Waals surface area contributed by atoms with Gasteiger partial charge in [-0.3, -0.25) is 9.59 Å². The van der Waals surface area contributed by atoms with Crippen LogP contribution in [0.25, 0.3) is 0 Å². The molecule has 1 amide bonds. The van der Waals surface area contributed by atoms with Gasteiger partial charge in [0.2, 0.25) is 5.91 Å². The van der Waals surface area contributed by atoms with E-state index in [4.69, 9.17) is 4.74 Å². The Morgan fingerprint density at radius 3 is 1.22 bits per heavy atom. The molecule has 3 N–H and O–H groups in total. The van der Waals surface area contributed by atoms with Crippen molar-refractivity contribution in [1.29, 1.82) is 0 Å². The highest BCUT2D eigenvalue weighted by Crippen LogP contribution is 2.18. The lowest BCUT2D eigenvalue weighted by atomic mass is 10.0. The molecular formula is C62H113NO5. The first-order valence-electron chi connectivity index (χ1n) is 29.6. The quantitative estimate of drug-likeness (QED) is 0.0244. The van der Waals surface area contributed by atoms with E-state index in [1.807, 2.05) is 0 Å². The van der Waals surface area contributed by atoms with Gasteiger partial charge in [0.1, 0.15) is 6.10 Å². The van der Waals surface area contributed by atoms with E-state index in [9.17, 15) is 19.8 Å². The van der Waals surface area contributed by atoms with Crippen LogP contribution < -0.4 is 5.32 Å². The molecule has 0 radical (unpaired) electrons. The molecule has 6 heteroatoms. The molecule has 3 atom stereocenters. The molecular weight excluding hydrogens is 839 g/mol. The van der Waals surface area contributed by atoms with Crippen LogP contribution in [0, 0.1) is 0 Å². The van der Waals surface area contributed by atoms with Crippen LogP contribution in [-0.4, -0.2) is 46.9 Å². The number of esters is 1. The minimum absolute atomic E-state index is 0.0483. The Balaban J connectivity index is 4.63. The van der Waals surface area contributed by atoms with Gasteiger partial charge in [0, 0.05) is 6.42 Å². The minimum Gasteiger partial charge on any atom is -0.462 e. The van der Waals surface area contributed by atoms with Crippen molar-refractivity contribution in [2.24, 2.45) is 0 Å². The number of aliphatic hydroxyl groups excluding tert-OH is 2. The Morgan fingerprint density at radius 1 is 0.426 bits per heavy atom.